The highest BCUT2D eigenvalue weighted by Gasteiger charge is 2.20. The molecule has 5 rings (SSSR count). The maximum absolute atomic E-state index is 13.5. The second kappa shape index (κ2) is 9.03. The molecule has 0 aliphatic rings. The number of hydrogen-bond acceptors (Lipinski definition) is 5. The van der Waals surface area contributed by atoms with E-state index in [0.29, 0.717) is 16.4 Å². The third kappa shape index (κ3) is 4.13. The number of nitrogens with zero attached hydrogens (tertiary/aromatic N) is 2. The van der Waals surface area contributed by atoms with Gasteiger partial charge in [0.15, 0.2) is 5.13 Å². The standard InChI is InChI=1S/C27H20FN3O2S/c1-16-24(26(32)31-27-30-23(15-34-27)17-7-11-19(28)12-8-17)21-5-3-4-6-22(21)29-25(16)18-9-13-20(33-2)14-10-18/h3-15H,1-2H3,(H,30,31,32). The highest BCUT2D eigenvalue weighted by Crippen LogP contribution is 2.32. The molecule has 0 saturated heterocycles. The number of pyridine rings is 1. The van der Waals surface area contributed by atoms with E-state index in [1.807, 2.05) is 60.8 Å². The van der Waals surface area contributed by atoms with Gasteiger partial charge >= 0.3 is 0 Å². The van der Waals surface area contributed by atoms with E-state index in [-0.39, 0.29) is 11.7 Å². The molecule has 0 saturated carbocycles. The van der Waals surface area contributed by atoms with Gasteiger partial charge in [0.05, 0.1) is 29.6 Å². The minimum Gasteiger partial charge on any atom is -0.497 e. The number of fused-ring (bicyclic) bond motifs is 1. The van der Waals surface area contributed by atoms with Crippen LogP contribution < -0.4 is 10.1 Å². The normalized spacial score (nSPS) is 10.9. The lowest BCUT2D eigenvalue weighted by Crippen LogP contribution is -2.15. The second-order valence-electron chi connectivity index (χ2n) is 7.70. The summed E-state index contributed by atoms with van der Waals surface area (Å²) in [7, 11) is 1.62. The van der Waals surface area contributed by atoms with Gasteiger partial charge in [0, 0.05) is 21.9 Å². The van der Waals surface area contributed by atoms with Gasteiger partial charge in [-0.05, 0) is 67.1 Å². The van der Waals surface area contributed by atoms with Crippen molar-refractivity contribution in [3.63, 3.8) is 0 Å². The van der Waals surface area contributed by atoms with Gasteiger partial charge in [0.25, 0.3) is 5.91 Å². The van der Waals surface area contributed by atoms with Crippen molar-refractivity contribution in [1.82, 2.24) is 9.97 Å². The van der Waals surface area contributed by atoms with Crippen LogP contribution in [0.25, 0.3) is 33.4 Å². The van der Waals surface area contributed by atoms with Crippen LogP contribution in [0.1, 0.15) is 15.9 Å². The van der Waals surface area contributed by atoms with Crippen LogP contribution in [0.4, 0.5) is 9.52 Å². The number of halogens is 1. The molecule has 0 aliphatic carbocycles. The molecule has 0 aliphatic heterocycles. The van der Waals surface area contributed by atoms with Crippen molar-refractivity contribution in [2.45, 2.75) is 6.92 Å². The summed E-state index contributed by atoms with van der Waals surface area (Å²) in [5.74, 6) is 0.187. The van der Waals surface area contributed by atoms with Crippen LogP contribution in [0.2, 0.25) is 0 Å². The fourth-order valence-electron chi connectivity index (χ4n) is 3.87. The third-order valence-electron chi connectivity index (χ3n) is 5.59. The Balaban J connectivity index is 1.53. The molecule has 3 aromatic carbocycles. The maximum atomic E-state index is 13.5. The highest BCUT2D eigenvalue weighted by molar-refractivity contribution is 7.14. The van der Waals surface area contributed by atoms with E-state index in [2.05, 4.69) is 10.3 Å². The third-order valence-corrected chi connectivity index (χ3v) is 6.35. The average Bonchev–Trinajstić information content (AvgIpc) is 3.32. The van der Waals surface area contributed by atoms with Gasteiger partial charge in [-0.1, -0.05) is 18.2 Å². The lowest BCUT2D eigenvalue weighted by molar-refractivity contribution is 0.102. The van der Waals surface area contributed by atoms with Crippen molar-refractivity contribution >= 4 is 33.3 Å². The Kier molecular flexibility index (Phi) is 5.77. The molecule has 168 valence electrons. The number of anilines is 1. The van der Waals surface area contributed by atoms with Crippen molar-refractivity contribution in [2.75, 3.05) is 12.4 Å². The molecule has 2 heterocycles. The Labute approximate surface area is 199 Å². The van der Waals surface area contributed by atoms with Crippen LogP contribution in [-0.2, 0) is 0 Å². The first-order valence-electron chi connectivity index (χ1n) is 10.6. The van der Waals surface area contributed by atoms with Gasteiger partial charge in [-0.25, -0.2) is 14.4 Å². The van der Waals surface area contributed by atoms with Crippen LogP contribution in [0.15, 0.2) is 78.2 Å². The van der Waals surface area contributed by atoms with Gasteiger partial charge in [-0.3, -0.25) is 10.1 Å². The summed E-state index contributed by atoms with van der Waals surface area (Å²) in [4.78, 5) is 22.8. The number of ether oxygens (including phenoxy) is 1. The summed E-state index contributed by atoms with van der Waals surface area (Å²) in [6.45, 7) is 1.90. The zero-order chi connectivity index (χ0) is 23.7. The lowest BCUT2D eigenvalue weighted by atomic mass is 9.97. The van der Waals surface area contributed by atoms with Crippen molar-refractivity contribution < 1.29 is 13.9 Å². The second-order valence-corrected chi connectivity index (χ2v) is 8.56. The van der Waals surface area contributed by atoms with E-state index in [0.717, 1.165) is 39.0 Å². The molecule has 0 bridgehead atoms. The quantitative estimate of drug-likeness (QED) is 0.310. The smallest absolute Gasteiger partial charge is 0.258 e. The number of rotatable bonds is 5. The molecule has 2 aromatic heterocycles. The SMILES string of the molecule is COc1ccc(-c2nc3ccccc3c(C(=O)Nc3nc(-c4ccc(F)cc4)cs3)c2C)cc1. The highest BCUT2D eigenvalue weighted by atomic mass is 32.1. The minimum absolute atomic E-state index is 0.258. The summed E-state index contributed by atoms with van der Waals surface area (Å²) < 4.78 is 18.5. The van der Waals surface area contributed by atoms with Crippen molar-refractivity contribution in [3.05, 3.63) is 95.1 Å². The topological polar surface area (TPSA) is 64.1 Å². The first-order chi connectivity index (χ1) is 16.5. The number of nitrogens with one attached hydrogen (secondary N) is 1. The molecule has 1 N–H and O–H groups in total. The average molecular weight is 470 g/mol. The molecule has 34 heavy (non-hydrogen) atoms. The summed E-state index contributed by atoms with van der Waals surface area (Å²) in [5, 5.41) is 6.01. The van der Waals surface area contributed by atoms with Gasteiger partial charge in [0.1, 0.15) is 11.6 Å². The molecular formula is C27H20FN3O2S. The summed E-state index contributed by atoms with van der Waals surface area (Å²) in [6, 6.07) is 21.3. The van der Waals surface area contributed by atoms with Gasteiger partial charge < -0.3 is 4.74 Å². The Hall–Kier alpha value is -4.10. The maximum Gasteiger partial charge on any atom is 0.258 e. The Morgan fingerprint density at radius 2 is 1.65 bits per heavy atom. The fourth-order valence-corrected chi connectivity index (χ4v) is 4.59. The van der Waals surface area contributed by atoms with Crippen LogP contribution >= 0.6 is 11.3 Å². The van der Waals surface area contributed by atoms with Crippen LogP contribution in [0.5, 0.6) is 5.75 Å². The molecule has 0 spiro atoms. The van der Waals surface area contributed by atoms with Crippen LogP contribution in [-0.4, -0.2) is 23.0 Å². The number of methoxy groups -OCH3 is 1. The zero-order valence-electron chi connectivity index (χ0n) is 18.5. The number of carbonyl (C=O) groups excluding carboxylic acids is 1. The van der Waals surface area contributed by atoms with Crippen LogP contribution in [0, 0.1) is 12.7 Å². The van der Waals surface area contributed by atoms with Crippen molar-refractivity contribution in [3.8, 4) is 28.3 Å². The monoisotopic (exact) mass is 469 g/mol. The van der Waals surface area contributed by atoms with E-state index in [1.165, 1.54) is 23.5 Å². The van der Waals surface area contributed by atoms with Crippen molar-refractivity contribution in [2.24, 2.45) is 0 Å². The number of thiazole rings is 1. The lowest BCUT2D eigenvalue weighted by Gasteiger charge is -2.14. The largest absolute Gasteiger partial charge is 0.497 e. The first-order valence-corrected chi connectivity index (χ1v) is 11.5. The number of para-hydroxylation sites is 1. The predicted octanol–water partition coefficient (Wildman–Crippen LogP) is 6.73. The van der Waals surface area contributed by atoms with Gasteiger partial charge in [-0.15, -0.1) is 11.3 Å². The molecule has 5 nitrogen and oxygen atoms in total. The molecule has 0 unspecified atom stereocenters. The Morgan fingerprint density at radius 3 is 2.38 bits per heavy atom. The van der Waals surface area contributed by atoms with E-state index in [4.69, 9.17) is 9.72 Å². The number of carbonyl (C=O) groups is 1. The number of amides is 1. The molecule has 7 heteroatoms. The van der Waals surface area contributed by atoms with E-state index in [9.17, 15) is 9.18 Å². The number of benzene rings is 3. The summed E-state index contributed by atoms with van der Waals surface area (Å²) >= 11 is 1.32. The van der Waals surface area contributed by atoms with E-state index >= 15 is 0 Å². The summed E-state index contributed by atoms with van der Waals surface area (Å²) in [5.41, 5.74) is 5.14. The molecule has 1 amide bonds. The van der Waals surface area contributed by atoms with E-state index < -0.39 is 0 Å². The molecule has 0 fully saturated rings. The number of aromatic nitrogens is 2. The Morgan fingerprint density at radius 1 is 0.941 bits per heavy atom. The molecule has 0 radical (unpaired) electrons. The minimum atomic E-state index is -0.305. The van der Waals surface area contributed by atoms with E-state index in [1.54, 1.807) is 19.2 Å². The Bertz CT molecular complexity index is 1500. The van der Waals surface area contributed by atoms with Crippen molar-refractivity contribution in [1.29, 1.82) is 0 Å². The van der Waals surface area contributed by atoms with Crippen LogP contribution in [0.3, 0.4) is 0 Å². The van der Waals surface area contributed by atoms with Gasteiger partial charge in [0.2, 0.25) is 0 Å². The molecule has 5 aromatic rings. The summed E-state index contributed by atoms with van der Waals surface area (Å²) in [6.07, 6.45) is 0. The first kappa shape index (κ1) is 21.7. The molecule has 0 atom stereocenters. The predicted molar refractivity (Wildman–Crippen MR) is 134 cm³/mol. The van der Waals surface area contributed by atoms with Gasteiger partial charge in [-0.2, -0.15) is 0 Å². The molecular weight excluding hydrogens is 449 g/mol. The fraction of sp³-hybridized carbons (Fsp3) is 0.0741. The number of hydrogen-bond donors (Lipinski definition) is 1. The zero-order valence-corrected chi connectivity index (χ0v) is 19.3.